The fourth-order valence-electron chi connectivity index (χ4n) is 3.66. The summed E-state index contributed by atoms with van der Waals surface area (Å²) in [5.41, 5.74) is 1.78. The summed E-state index contributed by atoms with van der Waals surface area (Å²) in [5.74, 6) is -0.136. The van der Waals surface area contributed by atoms with E-state index in [0.29, 0.717) is 32.8 Å². The number of hydrogen-bond donors (Lipinski definition) is 1. The molecule has 0 atom stereocenters. The molecule has 12 heteroatoms. The molecule has 1 saturated heterocycles. The summed E-state index contributed by atoms with van der Waals surface area (Å²) < 4.78 is 25.1. The molecule has 0 spiro atoms. The number of furan rings is 1. The molecule has 5 rings (SSSR count). The van der Waals surface area contributed by atoms with E-state index in [0.717, 1.165) is 21.8 Å². The van der Waals surface area contributed by atoms with Crippen molar-refractivity contribution in [2.45, 2.75) is 6.54 Å². The highest BCUT2D eigenvalue weighted by atomic mass is 79.9. The van der Waals surface area contributed by atoms with E-state index in [2.05, 4.69) is 36.4 Å². The van der Waals surface area contributed by atoms with Crippen LogP contribution in [0.2, 0.25) is 0 Å². The number of carbonyl (C=O) groups is 2. The maximum atomic E-state index is 13.5. The standard InChI is InChI=1S/C29H21BrFN5O4S/c30-21-5-10-25(40-18-27(37)34-23-8-6-22(31)7-9-23)20(13-21)14-26-28(38)36(17-24-4-2-12-39-24)29(41-26)35-33-16-19-3-1-11-32-15-19/h1-16H,17-18H2,(H,34,37)/b26-14-,33-16+,35-29-. The SMILES string of the molecule is O=C(COc1ccc(Br)cc1/C=C1\S/C(=N\N=C\c2cccnc2)N(Cc2ccco2)C1=O)Nc1ccc(F)cc1. The van der Waals surface area contributed by atoms with Crippen molar-refractivity contribution in [3.8, 4) is 5.75 Å². The molecule has 1 aliphatic heterocycles. The number of halogens is 2. The van der Waals surface area contributed by atoms with Gasteiger partial charge in [0.25, 0.3) is 11.8 Å². The maximum Gasteiger partial charge on any atom is 0.267 e. The zero-order valence-electron chi connectivity index (χ0n) is 21.2. The largest absolute Gasteiger partial charge is 0.483 e. The molecular weight excluding hydrogens is 613 g/mol. The van der Waals surface area contributed by atoms with Crippen molar-refractivity contribution in [2.75, 3.05) is 11.9 Å². The van der Waals surface area contributed by atoms with Crippen LogP contribution in [0.1, 0.15) is 16.9 Å². The number of anilines is 1. The second-order valence-corrected chi connectivity index (χ2v) is 10.4. The molecule has 0 aliphatic carbocycles. The average molecular weight is 634 g/mol. The van der Waals surface area contributed by atoms with Crippen molar-refractivity contribution in [2.24, 2.45) is 10.2 Å². The Hall–Kier alpha value is -4.55. The molecule has 4 aromatic rings. The number of amides is 2. The van der Waals surface area contributed by atoms with Crippen LogP contribution in [0.4, 0.5) is 10.1 Å². The zero-order valence-corrected chi connectivity index (χ0v) is 23.6. The Morgan fingerprint density at radius 3 is 2.78 bits per heavy atom. The summed E-state index contributed by atoms with van der Waals surface area (Å²) >= 11 is 4.61. The van der Waals surface area contributed by atoms with E-state index in [1.54, 1.807) is 61.1 Å². The van der Waals surface area contributed by atoms with Crippen LogP contribution < -0.4 is 10.1 Å². The fourth-order valence-corrected chi connectivity index (χ4v) is 4.96. The highest BCUT2D eigenvalue weighted by Gasteiger charge is 2.34. The third-order valence-electron chi connectivity index (χ3n) is 5.56. The van der Waals surface area contributed by atoms with Gasteiger partial charge in [-0.25, -0.2) is 4.39 Å². The monoisotopic (exact) mass is 633 g/mol. The van der Waals surface area contributed by atoms with Crippen LogP contribution in [0.25, 0.3) is 6.08 Å². The predicted octanol–water partition coefficient (Wildman–Crippen LogP) is 6.10. The molecule has 0 bridgehead atoms. The number of benzene rings is 2. The van der Waals surface area contributed by atoms with Gasteiger partial charge in [-0.2, -0.15) is 5.10 Å². The molecule has 0 radical (unpaired) electrons. The minimum absolute atomic E-state index is 0.169. The van der Waals surface area contributed by atoms with Gasteiger partial charge in [0.2, 0.25) is 0 Å². The van der Waals surface area contributed by atoms with E-state index in [9.17, 15) is 14.0 Å². The van der Waals surface area contributed by atoms with Crippen molar-refractivity contribution >= 4 is 62.7 Å². The van der Waals surface area contributed by atoms with Gasteiger partial charge in [0.05, 0.1) is 23.9 Å². The summed E-state index contributed by atoms with van der Waals surface area (Å²) in [5, 5.41) is 11.5. The number of ether oxygens (including phenoxy) is 1. The molecule has 1 fully saturated rings. The molecule has 0 unspecified atom stereocenters. The summed E-state index contributed by atoms with van der Waals surface area (Å²) in [6.07, 6.45) is 8.07. The summed E-state index contributed by atoms with van der Waals surface area (Å²) in [6.45, 7) is -0.126. The smallest absolute Gasteiger partial charge is 0.267 e. The number of aromatic nitrogens is 1. The Balaban J connectivity index is 1.36. The Kier molecular flexibility index (Phi) is 9.02. The first-order valence-corrected chi connectivity index (χ1v) is 13.8. The van der Waals surface area contributed by atoms with E-state index in [4.69, 9.17) is 9.15 Å². The fraction of sp³-hybridized carbons (Fsp3) is 0.0690. The Morgan fingerprint density at radius 1 is 1.17 bits per heavy atom. The Bertz CT molecular complexity index is 1630. The molecule has 206 valence electrons. The number of rotatable bonds is 9. The summed E-state index contributed by atoms with van der Waals surface area (Å²) in [4.78, 5) is 31.8. The molecule has 2 aromatic carbocycles. The third-order valence-corrected chi connectivity index (χ3v) is 7.05. The number of nitrogens with zero attached hydrogens (tertiary/aromatic N) is 4. The van der Waals surface area contributed by atoms with Crippen molar-refractivity contribution < 1.29 is 23.1 Å². The molecule has 9 nitrogen and oxygen atoms in total. The van der Waals surface area contributed by atoms with Crippen molar-refractivity contribution in [1.82, 2.24) is 9.88 Å². The summed E-state index contributed by atoms with van der Waals surface area (Å²) in [7, 11) is 0. The van der Waals surface area contributed by atoms with Crippen LogP contribution in [0.15, 0.2) is 109 Å². The molecule has 41 heavy (non-hydrogen) atoms. The molecule has 1 aliphatic rings. The van der Waals surface area contributed by atoms with E-state index in [1.807, 2.05) is 6.07 Å². The van der Waals surface area contributed by atoms with E-state index >= 15 is 0 Å². The van der Waals surface area contributed by atoms with Gasteiger partial charge >= 0.3 is 0 Å². The highest BCUT2D eigenvalue weighted by molar-refractivity contribution is 9.10. The van der Waals surface area contributed by atoms with E-state index in [1.165, 1.54) is 35.4 Å². The van der Waals surface area contributed by atoms with Gasteiger partial charge in [0.1, 0.15) is 17.3 Å². The molecule has 1 N–H and O–H groups in total. The molecule has 3 heterocycles. The first-order chi connectivity index (χ1) is 19.9. The highest BCUT2D eigenvalue weighted by Crippen LogP contribution is 2.36. The first-order valence-electron chi connectivity index (χ1n) is 12.2. The first kappa shape index (κ1) is 28.0. The van der Waals surface area contributed by atoms with E-state index in [-0.39, 0.29) is 19.1 Å². The van der Waals surface area contributed by atoms with Crippen LogP contribution in [0, 0.1) is 5.82 Å². The number of pyridine rings is 1. The molecular formula is C29H21BrFN5O4S. The van der Waals surface area contributed by atoms with Crippen LogP contribution in [0.5, 0.6) is 5.75 Å². The van der Waals surface area contributed by atoms with Crippen LogP contribution in [-0.2, 0) is 16.1 Å². The van der Waals surface area contributed by atoms with E-state index < -0.39 is 11.7 Å². The normalized spacial score (nSPS) is 15.3. The summed E-state index contributed by atoms with van der Waals surface area (Å²) in [6, 6.07) is 17.8. The molecule has 2 aromatic heterocycles. The average Bonchev–Trinajstić information content (AvgIpc) is 3.59. The van der Waals surface area contributed by atoms with Crippen LogP contribution >= 0.6 is 27.7 Å². The van der Waals surface area contributed by atoms with Gasteiger partial charge < -0.3 is 14.5 Å². The minimum atomic E-state index is -0.421. The topological polar surface area (TPSA) is 109 Å². The van der Waals surface area contributed by atoms with Gasteiger partial charge in [-0.1, -0.05) is 22.0 Å². The number of hydrogen-bond acceptors (Lipinski definition) is 8. The van der Waals surface area contributed by atoms with Crippen LogP contribution in [0.3, 0.4) is 0 Å². The third kappa shape index (κ3) is 7.56. The predicted molar refractivity (Wildman–Crippen MR) is 159 cm³/mol. The van der Waals surface area contributed by atoms with Gasteiger partial charge in [-0.15, -0.1) is 5.10 Å². The number of carbonyl (C=O) groups excluding carboxylic acids is 2. The quantitative estimate of drug-likeness (QED) is 0.135. The lowest BCUT2D eigenvalue weighted by Gasteiger charge is -2.13. The number of thioether (sulfide) groups is 1. The second kappa shape index (κ2) is 13.2. The Morgan fingerprint density at radius 2 is 2.02 bits per heavy atom. The van der Waals surface area contributed by atoms with Gasteiger partial charge in [0.15, 0.2) is 11.8 Å². The lowest BCUT2D eigenvalue weighted by molar-refractivity contribution is -0.122. The zero-order chi connectivity index (χ0) is 28.6. The van der Waals surface area contributed by atoms with Gasteiger partial charge in [-0.3, -0.25) is 19.5 Å². The molecule has 0 saturated carbocycles. The number of nitrogens with one attached hydrogen (secondary N) is 1. The van der Waals surface area contributed by atoms with Gasteiger partial charge in [-0.05, 0) is 78.5 Å². The number of amidine groups is 1. The lowest BCUT2D eigenvalue weighted by atomic mass is 10.2. The maximum absolute atomic E-state index is 13.5. The van der Waals surface area contributed by atoms with Crippen molar-refractivity contribution in [3.05, 3.63) is 117 Å². The van der Waals surface area contributed by atoms with Crippen molar-refractivity contribution in [1.29, 1.82) is 0 Å². The minimum Gasteiger partial charge on any atom is -0.483 e. The lowest BCUT2D eigenvalue weighted by Crippen LogP contribution is -2.28. The van der Waals surface area contributed by atoms with Gasteiger partial charge in [0, 0.05) is 33.7 Å². The van der Waals surface area contributed by atoms with Crippen LogP contribution in [-0.4, -0.2) is 39.7 Å². The Labute approximate surface area is 247 Å². The molecule has 2 amide bonds. The second-order valence-electron chi connectivity index (χ2n) is 8.52. The van der Waals surface area contributed by atoms with Crippen molar-refractivity contribution in [3.63, 3.8) is 0 Å².